The minimum Gasteiger partial charge on any atom is -0.393 e. The lowest BCUT2D eigenvalue weighted by molar-refractivity contribution is -0.220. The third-order valence-corrected chi connectivity index (χ3v) is 10.6. The fourth-order valence-corrected chi connectivity index (χ4v) is 8.74. The predicted molar refractivity (Wildman–Crippen MR) is 122 cm³/mol. The van der Waals surface area contributed by atoms with Crippen LogP contribution in [0, 0.1) is 40.4 Å². The molecule has 0 aromatic heterocycles. The Morgan fingerprint density at radius 2 is 1.63 bits per heavy atom. The molecule has 0 aromatic rings. The van der Waals surface area contributed by atoms with E-state index in [0.717, 1.165) is 38.0 Å². The van der Waals surface area contributed by atoms with Gasteiger partial charge in [0.1, 0.15) is 0 Å². The predicted octanol–water partition coefficient (Wildman–Crippen LogP) is 5.47. The lowest BCUT2D eigenvalue weighted by atomic mass is 9.43. The van der Waals surface area contributed by atoms with Gasteiger partial charge in [-0.15, -0.1) is 0 Å². The molecule has 0 spiro atoms. The quantitative estimate of drug-likeness (QED) is 0.519. The van der Waals surface area contributed by atoms with Gasteiger partial charge in [-0.25, -0.2) is 0 Å². The third kappa shape index (κ3) is 3.25. The number of hydrogen-bond donors (Lipinski definition) is 3. The SMILES string of the molecule is CC(C)CCC[C@@H](C)[C@H]1CC[C@H]2[C@@]3(O)C=C[C@@]4(O)C[C@@H](O)CC[C@]4(C)[C@H]3CC[C@]12C. The first kappa shape index (κ1) is 22.8. The largest absolute Gasteiger partial charge is 0.393 e. The fraction of sp³-hybridized carbons (Fsp3) is 0.926. The highest BCUT2D eigenvalue weighted by Gasteiger charge is 2.68. The zero-order chi connectivity index (χ0) is 21.9. The maximum absolute atomic E-state index is 12.2. The third-order valence-electron chi connectivity index (χ3n) is 10.6. The van der Waals surface area contributed by atoms with E-state index in [-0.39, 0.29) is 22.7 Å². The lowest BCUT2D eigenvalue weighted by Gasteiger charge is -2.64. The molecule has 3 saturated carbocycles. The Labute approximate surface area is 184 Å². The Morgan fingerprint density at radius 1 is 0.900 bits per heavy atom. The molecule has 9 atom stereocenters. The van der Waals surface area contributed by atoms with Crippen LogP contribution in [-0.2, 0) is 0 Å². The van der Waals surface area contributed by atoms with E-state index in [1.165, 1.54) is 25.7 Å². The molecule has 4 rings (SSSR count). The van der Waals surface area contributed by atoms with Crippen molar-refractivity contribution >= 4 is 0 Å². The number of fused-ring (bicyclic) bond motifs is 5. The van der Waals surface area contributed by atoms with Gasteiger partial charge in [-0.2, -0.15) is 0 Å². The van der Waals surface area contributed by atoms with Crippen molar-refractivity contribution < 1.29 is 15.3 Å². The molecule has 172 valence electrons. The Morgan fingerprint density at radius 3 is 2.33 bits per heavy atom. The Balaban J connectivity index is 1.59. The van der Waals surface area contributed by atoms with Crippen LogP contribution in [0.1, 0.15) is 98.8 Å². The maximum atomic E-state index is 12.2. The van der Waals surface area contributed by atoms with Crippen molar-refractivity contribution in [2.45, 2.75) is 116 Å². The lowest BCUT2D eigenvalue weighted by Crippen LogP contribution is -2.67. The maximum Gasteiger partial charge on any atom is 0.0910 e. The van der Waals surface area contributed by atoms with Crippen molar-refractivity contribution in [3.8, 4) is 0 Å². The Kier molecular flexibility index (Phi) is 5.77. The summed E-state index contributed by atoms with van der Waals surface area (Å²) in [7, 11) is 0. The molecule has 0 aromatic carbocycles. The summed E-state index contributed by atoms with van der Waals surface area (Å²) in [6, 6.07) is 0. The van der Waals surface area contributed by atoms with Gasteiger partial charge in [0.05, 0.1) is 17.3 Å². The van der Waals surface area contributed by atoms with Crippen LogP contribution in [-0.4, -0.2) is 32.6 Å². The number of aliphatic hydroxyl groups excluding tert-OH is 1. The second kappa shape index (κ2) is 7.59. The van der Waals surface area contributed by atoms with Crippen LogP contribution in [0.5, 0.6) is 0 Å². The topological polar surface area (TPSA) is 60.7 Å². The molecule has 3 heteroatoms. The van der Waals surface area contributed by atoms with Crippen molar-refractivity contribution in [1.82, 2.24) is 0 Å². The second-order valence-electron chi connectivity index (χ2n) is 12.6. The molecular weight excluding hydrogens is 372 g/mol. The highest BCUT2D eigenvalue weighted by Crippen LogP contribution is 2.69. The molecular formula is C27H46O3. The molecule has 0 unspecified atom stereocenters. The highest BCUT2D eigenvalue weighted by atomic mass is 16.3. The fourth-order valence-electron chi connectivity index (χ4n) is 8.74. The van der Waals surface area contributed by atoms with Crippen molar-refractivity contribution in [2.24, 2.45) is 40.4 Å². The van der Waals surface area contributed by atoms with Gasteiger partial charge >= 0.3 is 0 Å². The molecule has 4 aliphatic rings. The molecule has 4 aliphatic carbocycles. The van der Waals surface area contributed by atoms with Gasteiger partial charge in [-0.3, -0.25) is 0 Å². The van der Waals surface area contributed by atoms with Gasteiger partial charge in [0.15, 0.2) is 0 Å². The van der Waals surface area contributed by atoms with Crippen LogP contribution in [0.15, 0.2) is 12.2 Å². The zero-order valence-electron chi connectivity index (χ0n) is 20.0. The van der Waals surface area contributed by atoms with Gasteiger partial charge in [0.2, 0.25) is 0 Å². The summed E-state index contributed by atoms with van der Waals surface area (Å²) in [4.78, 5) is 0. The normalized spacial score (nSPS) is 51.4. The molecule has 0 aliphatic heterocycles. The molecule has 0 saturated heterocycles. The van der Waals surface area contributed by atoms with E-state index in [9.17, 15) is 15.3 Å². The molecule has 0 heterocycles. The smallest absolute Gasteiger partial charge is 0.0910 e. The zero-order valence-corrected chi connectivity index (χ0v) is 20.0. The molecule has 3 nitrogen and oxygen atoms in total. The van der Waals surface area contributed by atoms with E-state index in [1.807, 2.05) is 12.2 Å². The van der Waals surface area contributed by atoms with Crippen molar-refractivity contribution in [3.05, 3.63) is 12.2 Å². The van der Waals surface area contributed by atoms with E-state index in [4.69, 9.17) is 0 Å². The molecule has 0 amide bonds. The molecule has 30 heavy (non-hydrogen) atoms. The minimum atomic E-state index is -0.989. The van der Waals surface area contributed by atoms with Crippen molar-refractivity contribution in [3.63, 3.8) is 0 Å². The van der Waals surface area contributed by atoms with Crippen LogP contribution in [0.25, 0.3) is 0 Å². The summed E-state index contributed by atoms with van der Waals surface area (Å²) in [5.41, 5.74) is -1.97. The summed E-state index contributed by atoms with van der Waals surface area (Å²) in [6.45, 7) is 11.7. The van der Waals surface area contributed by atoms with E-state index < -0.39 is 17.3 Å². The average Bonchev–Trinajstić information content (AvgIpc) is 3.01. The molecule has 0 radical (unpaired) electrons. The number of aliphatic hydroxyl groups is 3. The van der Waals surface area contributed by atoms with Gasteiger partial charge in [-0.05, 0) is 67.6 Å². The summed E-state index contributed by atoms with van der Waals surface area (Å²) in [6.07, 6.45) is 13.8. The van der Waals surface area contributed by atoms with Crippen molar-refractivity contribution in [1.29, 1.82) is 0 Å². The number of hydrogen-bond acceptors (Lipinski definition) is 3. The first-order valence-electron chi connectivity index (χ1n) is 12.8. The van der Waals surface area contributed by atoms with Crippen LogP contribution in [0.3, 0.4) is 0 Å². The average molecular weight is 419 g/mol. The van der Waals surface area contributed by atoms with Crippen LogP contribution < -0.4 is 0 Å². The van der Waals surface area contributed by atoms with Crippen molar-refractivity contribution in [2.75, 3.05) is 0 Å². The summed E-state index contributed by atoms with van der Waals surface area (Å²) in [5, 5.41) is 33.9. The summed E-state index contributed by atoms with van der Waals surface area (Å²) in [5.74, 6) is 2.55. The van der Waals surface area contributed by atoms with Crippen LogP contribution >= 0.6 is 0 Å². The Hall–Kier alpha value is -0.380. The van der Waals surface area contributed by atoms with Gasteiger partial charge in [0.25, 0.3) is 0 Å². The van der Waals surface area contributed by atoms with Gasteiger partial charge in [-0.1, -0.05) is 66.0 Å². The standard InChI is InChI=1S/C27H46O3/c1-18(2)7-6-8-19(3)21-9-10-22-24(21,4)13-12-23-25(5)14-11-20(28)17-26(25,29)15-16-27(22,23)30/h15-16,18-23,28-30H,6-14,17H2,1-5H3/t19-,20+,21-,22-,23-,24-,25-,26-,27+/m1/s1. The van der Waals surface area contributed by atoms with Crippen LogP contribution in [0.2, 0.25) is 0 Å². The summed E-state index contributed by atoms with van der Waals surface area (Å²) < 4.78 is 0. The monoisotopic (exact) mass is 418 g/mol. The highest BCUT2D eigenvalue weighted by molar-refractivity contribution is 5.30. The van der Waals surface area contributed by atoms with E-state index in [0.29, 0.717) is 18.3 Å². The van der Waals surface area contributed by atoms with E-state index in [2.05, 4.69) is 34.6 Å². The first-order valence-corrected chi connectivity index (χ1v) is 12.8. The van der Waals surface area contributed by atoms with E-state index >= 15 is 0 Å². The van der Waals surface area contributed by atoms with Crippen LogP contribution in [0.4, 0.5) is 0 Å². The molecule has 3 N–H and O–H groups in total. The summed E-state index contributed by atoms with van der Waals surface area (Å²) >= 11 is 0. The van der Waals surface area contributed by atoms with Gasteiger partial charge < -0.3 is 15.3 Å². The Bertz CT molecular complexity index is 673. The van der Waals surface area contributed by atoms with E-state index in [1.54, 1.807) is 0 Å². The second-order valence-corrected chi connectivity index (χ2v) is 12.6. The molecule has 0 bridgehead atoms. The minimum absolute atomic E-state index is 0.0839. The number of rotatable bonds is 5. The molecule has 3 fully saturated rings. The van der Waals surface area contributed by atoms with Gasteiger partial charge in [0, 0.05) is 17.8 Å². The first-order chi connectivity index (χ1) is 14.0.